The smallest absolute Gasteiger partial charge is 0.161 e. The second kappa shape index (κ2) is 19.5. The van der Waals surface area contributed by atoms with Gasteiger partial charge in [-0.3, -0.25) is 0 Å². The van der Waals surface area contributed by atoms with E-state index in [2.05, 4.69) is 10.2 Å². The van der Waals surface area contributed by atoms with Crippen LogP contribution in [0.25, 0.3) is 0 Å². The summed E-state index contributed by atoms with van der Waals surface area (Å²) in [5, 5.41) is 3.57. The highest BCUT2D eigenvalue weighted by atomic mass is 28.2. The Labute approximate surface area is 144 Å². The Hall–Kier alpha value is 0.451. The maximum Gasteiger partial charge on any atom is 0.161 e. The summed E-state index contributed by atoms with van der Waals surface area (Å²) in [6, 6.07) is 3.89. The Kier molecular flexibility index (Phi) is 19.9. The van der Waals surface area contributed by atoms with Gasteiger partial charge >= 0.3 is 0 Å². The normalized spacial score (nSPS) is 13.1. The van der Waals surface area contributed by atoms with Gasteiger partial charge in [-0.2, -0.15) is 0 Å². The van der Waals surface area contributed by atoms with Gasteiger partial charge in [0, 0.05) is 34.4 Å². The molecule has 0 bridgehead atoms. The standard InChI is InChI=1S/C14H38N2O3Si3/c1-17-20-12-4-7-15-8-11-16(9-5-13-21-18-2)10-6-14-22-19-3/h15H,4-14,20-22H2,1-3H3. The van der Waals surface area contributed by atoms with Crippen molar-refractivity contribution in [2.75, 3.05) is 54.1 Å². The second-order valence-corrected chi connectivity index (χ2v) is 10.8. The summed E-state index contributed by atoms with van der Waals surface area (Å²) in [6.45, 7) is 5.87. The third kappa shape index (κ3) is 16.8. The topological polar surface area (TPSA) is 43.0 Å². The summed E-state index contributed by atoms with van der Waals surface area (Å²) in [5.41, 5.74) is 0. The lowest BCUT2D eigenvalue weighted by molar-refractivity contribution is 0.272. The number of hydrogen-bond acceptors (Lipinski definition) is 5. The van der Waals surface area contributed by atoms with Crippen molar-refractivity contribution in [1.82, 2.24) is 10.2 Å². The van der Waals surface area contributed by atoms with Gasteiger partial charge < -0.3 is 23.5 Å². The molecule has 0 radical (unpaired) electrons. The molecule has 0 amide bonds. The molecule has 0 aliphatic rings. The van der Waals surface area contributed by atoms with E-state index in [9.17, 15) is 0 Å². The third-order valence-electron chi connectivity index (χ3n) is 3.70. The lowest BCUT2D eigenvalue weighted by Crippen LogP contribution is -2.34. The molecule has 0 aromatic carbocycles. The third-order valence-corrected chi connectivity index (χ3v) is 7.29. The number of nitrogens with one attached hydrogen (secondary N) is 1. The van der Waals surface area contributed by atoms with E-state index >= 15 is 0 Å². The van der Waals surface area contributed by atoms with Crippen LogP contribution in [0.5, 0.6) is 0 Å². The van der Waals surface area contributed by atoms with E-state index in [1.165, 1.54) is 57.0 Å². The van der Waals surface area contributed by atoms with E-state index in [-0.39, 0.29) is 29.3 Å². The van der Waals surface area contributed by atoms with Crippen molar-refractivity contribution in [3.63, 3.8) is 0 Å². The summed E-state index contributed by atoms with van der Waals surface area (Å²) in [6.07, 6.45) is 3.85. The van der Waals surface area contributed by atoms with Crippen LogP contribution in [0.1, 0.15) is 19.3 Å². The highest BCUT2D eigenvalue weighted by Gasteiger charge is 2.04. The largest absolute Gasteiger partial charge is 0.427 e. The number of hydrogen-bond donors (Lipinski definition) is 1. The Bertz CT molecular complexity index is 206. The van der Waals surface area contributed by atoms with Gasteiger partial charge in [-0.25, -0.2) is 0 Å². The Balaban J connectivity index is 3.66. The minimum Gasteiger partial charge on any atom is -0.427 e. The second-order valence-electron chi connectivity index (χ2n) is 5.69. The van der Waals surface area contributed by atoms with Crippen LogP contribution in [0.4, 0.5) is 0 Å². The fraction of sp³-hybridized carbons (Fsp3) is 1.00. The fourth-order valence-electron chi connectivity index (χ4n) is 2.36. The molecular weight excluding hydrogens is 328 g/mol. The van der Waals surface area contributed by atoms with Crippen molar-refractivity contribution >= 4 is 29.3 Å². The molecule has 0 saturated carbocycles. The van der Waals surface area contributed by atoms with E-state index < -0.39 is 0 Å². The maximum atomic E-state index is 5.27. The van der Waals surface area contributed by atoms with Gasteiger partial charge in [-0.05, 0) is 57.0 Å². The first-order valence-corrected chi connectivity index (χ1v) is 13.5. The fourth-order valence-corrected chi connectivity index (χ4v) is 4.53. The van der Waals surface area contributed by atoms with Crippen LogP contribution < -0.4 is 5.32 Å². The molecule has 0 aromatic heterocycles. The van der Waals surface area contributed by atoms with E-state index in [0.29, 0.717) is 0 Å². The average Bonchev–Trinajstić information content (AvgIpc) is 2.53. The zero-order valence-electron chi connectivity index (χ0n) is 15.1. The molecule has 0 spiro atoms. The van der Waals surface area contributed by atoms with Crippen LogP contribution in [0.2, 0.25) is 18.1 Å². The molecule has 1 N–H and O–H groups in total. The van der Waals surface area contributed by atoms with Crippen molar-refractivity contribution in [2.24, 2.45) is 0 Å². The van der Waals surface area contributed by atoms with E-state index in [1.807, 2.05) is 21.3 Å². The van der Waals surface area contributed by atoms with Gasteiger partial charge in [0.2, 0.25) is 0 Å². The zero-order chi connectivity index (χ0) is 16.3. The molecule has 0 heterocycles. The summed E-state index contributed by atoms with van der Waals surface area (Å²) in [5.74, 6) is 0. The van der Waals surface area contributed by atoms with Crippen LogP contribution in [-0.2, 0) is 13.3 Å². The highest BCUT2D eigenvalue weighted by molar-refractivity contribution is 6.27. The Morgan fingerprint density at radius 1 is 0.682 bits per heavy atom. The Morgan fingerprint density at radius 3 is 1.68 bits per heavy atom. The molecule has 0 fully saturated rings. The van der Waals surface area contributed by atoms with Gasteiger partial charge in [0.25, 0.3) is 0 Å². The van der Waals surface area contributed by atoms with Gasteiger partial charge in [0.1, 0.15) is 0 Å². The first-order chi connectivity index (χ1) is 10.8. The van der Waals surface area contributed by atoms with Gasteiger partial charge in [0.05, 0.1) is 0 Å². The molecule has 0 saturated heterocycles. The van der Waals surface area contributed by atoms with Crippen LogP contribution in [0.3, 0.4) is 0 Å². The van der Waals surface area contributed by atoms with Gasteiger partial charge in [-0.1, -0.05) is 0 Å². The van der Waals surface area contributed by atoms with Crippen molar-refractivity contribution in [3.05, 3.63) is 0 Å². The Morgan fingerprint density at radius 2 is 1.18 bits per heavy atom. The first-order valence-electron chi connectivity index (χ1n) is 8.75. The van der Waals surface area contributed by atoms with Crippen molar-refractivity contribution in [3.8, 4) is 0 Å². The maximum absolute atomic E-state index is 5.27. The molecule has 0 aliphatic carbocycles. The average molecular weight is 367 g/mol. The molecule has 0 unspecified atom stereocenters. The first kappa shape index (κ1) is 22.5. The van der Waals surface area contributed by atoms with Crippen LogP contribution in [-0.4, -0.2) is 88.2 Å². The predicted octanol–water partition coefficient (Wildman–Crippen LogP) is -0.506. The molecule has 5 nitrogen and oxygen atoms in total. The monoisotopic (exact) mass is 366 g/mol. The highest BCUT2D eigenvalue weighted by Crippen LogP contribution is 2.00. The van der Waals surface area contributed by atoms with Crippen LogP contribution >= 0.6 is 0 Å². The lowest BCUT2D eigenvalue weighted by Gasteiger charge is -2.22. The molecule has 0 atom stereocenters. The summed E-state index contributed by atoms with van der Waals surface area (Å²) < 4.78 is 15.7. The molecular formula is C14H38N2O3Si3. The van der Waals surface area contributed by atoms with Gasteiger partial charge in [-0.15, -0.1) is 0 Å². The van der Waals surface area contributed by atoms with E-state index in [1.54, 1.807) is 0 Å². The van der Waals surface area contributed by atoms with Gasteiger partial charge in [0.15, 0.2) is 29.3 Å². The predicted molar refractivity (Wildman–Crippen MR) is 104 cm³/mol. The summed E-state index contributed by atoms with van der Waals surface area (Å²) in [4.78, 5) is 2.62. The van der Waals surface area contributed by atoms with Crippen molar-refractivity contribution < 1.29 is 13.3 Å². The molecule has 0 aliphatic heterocycles. The summed E-state index contributed by atoms with van der Waals surface area (Å²) >= 11 is 0. The van der Waals surface area contributed by atoms with Crippen molar-refractivity contribution in [2.45, 2.75) is 37.4 Å². The van der Waals surface area contributed by atoms with E-state index in [4.69, 9.17) is 13.3 Å². The molecule has 0 rings (SSSR count). The molecule has 134 valence electrons. The minimum absolute atomic E-state index is 0.228. The molecule has 22 heavy (non-hydrogen) atoms. The molecule has 0 aromatic rings. The zero-order valence-corrected chi connectivity index (χ0v) is 19.3. The SMILES string of the molecule is CO[SiH2]CCCNCCN(CCC[SiH2]OC)CCC[SiH2]OC. The lowest BCUT2D eigenvalue weighted by atomic mass is 10.3. The van der Waals surface area contributed by atoms with Crippen LogP contribution in [0.15, 0.2) is 0 Å². The minimum atomic E-state index is -0.248. The molecule has 8 heteroatoms. The van der Waals surface area contributed by atoms with Crippen LogP contribution in [0, 0.1) is 0 Å². The number of rotatable bonds is 18. The summed E-state index contributed by atoms with van der Waals surface area (Å²) in [7, 11) is 4.79. The quantitative estimate of drug-likeness (QED) is 0.262. The van der Waals surface area contributed by atoms with Crippen molar-refractivity contribution in [1.29, 1.82) is 0 Å². The van der Waals surface area contributed by atoms with E-state index in [0.717, 1.165) is 13.1 Å². The number of nitrogens with zero attached hydrogens (tertiary/aromatic N) is 1.